The topological polar surface area (TPSA) is 32.1 Å². The van der Waals surface area contributed by atoms with Crippen LogP contribution in [0.2, 0.25) is 0 Å². The van der Waals surface area contributed by atoms with Crippen LogP contribution in [0.3, 0.4) is 0 Å². The van der Waals surface area contributed by atoms with Gasteiger partial charge < -0.3 is 23.9 Å². The number of aryl methyl sites for hydroxylation is 3. The molecule has 1 aromatic heterocycles. The van der Waals surface area contributed by atoms with E-state index in [9.17, 15) is 0 Å². The quantitative estimate of drug-likeness (QED) is 0.161. The van der Waals surface area contributed by atoms with Gasteiger partial charge in [-0.3, -0.25) is 0 Å². The van der Waals surface area contributed by atoms with E-state index in [0.717, 1.165) is 75.6 Å². The van der Waals surface area contributed by atoms with Crippen LogP contribution in [0.15, 0.2) is 150 Å². The summed E-state index contributed by atoms with van der Waals surface area (Å²) < 4.78 is 14.8. The zero-order valence-corrected chi connectivity index (χ0v) is 43.0. The van der Waals surface area contributed by atoms with E-state index in [1.54, 1.807) is 0 Å². The number of benzene rings is 7. The summed E-state index contributed by atoms with van der Waals surface area (Å²) in [7, 11) is 0. The summed E-state index contributed by atoms with van der Waals surface area (Å²) in [5.74, 6) is 2.92. The smallest absolute Gasteiger partial charge is 0.297 e. The van der Waals surface area contributed by atoms with Crippen molar-refractivity contribution in [1.82, 2.24) is 0 Å². The summed E-state index contributed by atoms with van der Waals surface area (Å²) >= 11 is 0. The van der Waals surface area contributed by atoms with Crippen molar-refractivity contribution >= 4 is 74.5 Å². The number of anilines is 9. The van der Waals surface area contributed by atoms with E-state index < -0.39 is 0 Å². The van der Waals surface area contributed by atoms with Crippen LogP contribution < -0.4 is 36.0 Å². The number of furan rings is 1. The predicted molar refractivity (Wildman–Crippen MR) is 294 cm³/mol. The third-order valence-corrected chi connectivity index (χ3v) is 16.2. The van der Waals surface area contributed by atoms with Gasteiger partial charge in [0.15, 0.2) is 0 Å². The molecule has 4 aliphatic rings. The van der Waals surface area contributed by atoms with Crippen LogP contribution in [0.5, 0.6) is 11.5 Å². The largest absolute Gasteiger partial charge is 0.472 e. The van der Waals surface area contributed by atoms with Crippen molar-refractivity contribution < 1.29 is 9.15 Å². The first-order chi connectivity index (χ1) is 33.3. The molecule has 0 bridgehead atoms. The second kappa shape index (κ2) is 15.3. The molecule has 3 aliphatic heterocycles. The van der Waals surface area contributed by atoms with Crippen LogP contribution in [0, 0.1) is 20.8 Å². The van der Waals surface area contributed by atoms with Gasteiger partial charge >= 0.3 is 0 Å². The minimum absolute atomic E-state index is 0.00723. The lowest BCUT2D eigenvalue weighted by Crippen LogP contribution is -2.61. The Morgan fingerprint density at radius 1 is 0.557 bits per heavy atom. The highest BCUT2D eigenvalue weighted by molar-refractivity contribution is 6.99. The van der Waals surface area contributed by atoms with E-state index in [-0.39, 0.29) is 28.4 Å². The van der Waals surface area contributed by atoms with Crippen molar-refractivity contribution in [3.63, 3.8) is 0 Å². The van der Waals surface area contributed by atoms with Gasteiger partial charge in [-0.05, 0) is 139 Å². The van der Waals surface area contributed by atoms with Gasteiger partial charge in [0.25, 0.3) is 6.71 Å². The highest BCUT2D eigenvalue weighted by Gasteiger charge is 2.53. The average molecular weight is 918 g/mol. The molecule has 1 aliphatic carbocycles. The zero-order chi connectivity index (χ0) is 48.8. The summed E-state index contributed by atoms with van der Waals surface area (Å²) in [5, 5.41) is 0. The molecular formula is C64H64BN3O2. The van der Waals surface area contributed by atoms with Gasteiger partial charge in [0.2, 0.25) is 0 Å². The number of para-hydroxylation sites is 3. The van der Waals surface area contributed by atoms with Gasteiger partial charge in [-0.25, -0.2) is 0 Å². The standard InChI is InChI=1S/C64H64BN3O2/c1-39-33-40(2)57(41(3)34-39)68-50-37-48-54(69-53-26-20-19-25-47(53)64(48,11)12)38-49(50)65-56-51(35-46(36-52(56)68)66(43-21-15-13-16-22-43)44-23-17-14-18-24-44)67(45-29-27-42(28-30-45)61(4,5)6)58-55-59(70-60(58)65)63(9,10)32-31-62(55,7)8/h13-30,33-38H,31-32H2,1-12H3. The maximum Gasteiger partial charge on any atom is 0.297 e. The lowest BCUT2D eigenvalue weighted by Gasteiger charge is -2.46. The summed E-state index contributed by atoms with van der Waals surface area (Å²) in [6.45, 7) is 27.8. The molecule has 350 valence electrons. The van der Waals surface area contributed by atoms with Crippen molar-refractivity contribution in [2.45, 2.75) is 118 Å². The lowest BCUT2D eigenvalue weighted by atomic mass is 9.35. The molecule has 0 saturated carbocycles. The number of rotatable bonds is 5. The Labute approximate surface area is 415 Å². The van der Waals surface area contributed by atoms with E-state index in [2.05, 4.69) is 243 Å². The molecule has 7 aromatic carbocycles. The first kappa shape index (κ1) is 44.3. The Morgan fingerprint density at radius 2 is 1.14 bits per heavy atom. The monoisotopic (exact) mass is 918 g/mol. The SMILES string of the molecule is Cc1cc(C)c(N2c3cc4c(cc3B3c5oc6c(c5N(c5ccc(C(C)(C)C)cc5)c5cc(N(c7ccccc7)c7ccccc7)cc2c53)C(C)(C)CCC6(C)C)Oc2ccccc2C4(C)C)c(C)c1. The molecule has 0 radical (unpaired) electrons. The maximum absolute atomic E-state index is 7.77. The summed E-state index contributed by atoms with van der Waals surface area (Å²) in [5.41, 5.74) is 21.6. The Morgan fingerprint density at radius 3 is 1.77 bits per heavy atom. The van der Waals surface area contributed by atoms with Crippen LogP contribution in [-0.4, -0.2) is 6.71 Å². The molecule has 6 heteroatoms. The minimum Gasteiger partial charge on any atom is -0.472 e. The van der Waals surface area contributed by atoms with E-state index in [1.165, 1.54) is 61.2 Å². The van der Waals surface area contributed by atoms with Gasteiger partial charge in [-0.1, -0.05) is 147 Å². The molecule has 0 amide bonds. The van der Waals surface area contributed by atoms with Gasteiger partial charge in [0.05, 0.1) is 22.7 Å². The molecule has 0 atom stereocenters. The van der Waals surface area contributed by atoms with Crippen LogP contribution >= 0.6 is 0 Å². The Balaban J connectivity index is 1.26. The second-order valence-electron chi connectivity index (χ2n) is 23.5. The third-order valence-electron chi connectivity index (χ3n) is 16.2. The average Bonchev–Trinajstić information content (AvgIpc) is 3.74. The first-order valence-electron chi connectivity index (χ1n) is 25.3. The van der Waals surface area contributed by atoms with Crippen molar-refractivity contribution in [3.05, 3.63) is 190 Å². The molecule has 0 fully saturated rings. The number of hydrogen-bond acceptors (Lipinski definition) is 5. The highest BCUT2D eigenvalue weighted by Crippen LogP contribution is 2.57. The number of ether oxygens (including phenoxy) is 1. The molecule has 8 aromatic rings. The fourth-order valence-electron chi connectivity index (χ4n) is 12.6. The second-order valence-corrected chi connectivity index (χ2v) is 23.5. The fourth-order valence-corrected chi connectivity index (χ4v) is 12.6. The first-order valence-corrected chi connectivity index (χ1v) is 25.3. The molecule has 0 spiro atoms. The van der Waals surface area contributed by atoms with Gasteiger partial charge in [-0.2, -0.15) is 0 Å². The van der Waals surface area contributed by atoms with E-state index in [4.69, 9.17) is 9.15 Å². The number of fused-ring (bicyclic) bond motifs is 8. The van der Waals surface area contributed by atoms with Crippen molar-refractivity contribution in [1.29, 1.82) is 0 Å². The predicted octanol–water partition coefficient (Wildman–Crippen LogP) is 15.8. The Bertz CT molecular complexity index is 3350. The molecule has 0 saturated heterocycles. The maximum atomic E-state index is 7.77. The molecule has 5 nitrogen and oxygen atoms in total. The Hall–Kier alpha value is -6.92. The van der Waals surface area contributed by atoms with Crippen LogP contribution in [0.25, 0.3) is 0 Å². The summed E-state index contributed by atoms with van der Waals surface area (Å²) in [4.78, 5) is 7.63. The van der Waals surface area contributed by atoms with Crippen LogP contribution in [0.4, 0.5) is 51.2 Å². The van der Waals surface area contributed by atoms with E-state index >= 15 is 0 Å². The molecule has 0 unspecified atom stereocenters. The lowest BCUT2D eigenvalue weighted by molar-refractivity contribution is 0.282. The van der Waals surface area contributed by atoms with Gasteiger partial charge in [0.1, 0.15) is 17.3 Å². The molecule has 70 heavy (non-hydrogen) atoms. The minimum atomic E-state index is -0.335. The number of nitrogens with zero attached hydrogens (tertiary/aromatic N) is 3. The molecule has 0 N–H and O–H groups in total. The van der Waals surface area contributed by atoms with Crippen molar-refractivity contribution in [3.8, 4) is 11.5 Å². The molecular weight excluding hydrogens is 854 g/mol. The van der Waals surface area contributed by atoms with Crippen LogP contribution in [0.1, 0.15) is 120 Å². The van der Waals surface area contributed by atoms with Gasteiger partial charge in [-0.15, -0.1) is 0 Å². The number of hydrogen-bond donors (Lipinski definition) is 0. The zero-order valence-electron chi connectivity index (χ0n) is 43.0. The molecule has 12 rings (SSSR count). The summed E-state index contributed by atoms with van der Waals surface area (Å²) in [6.07, 6.45) is 2.10. The van der Waals surface area contributed by atoms with Crippen LogP contribution in [-0.2, 0) is 21.7 Å². The van der Waals surface area contributed by atoms with E-state index in [1.807, 2.05) is 0 Å². The Kier molecular flexibility index (Phi) is 9.68. The van der Waals surface area contributed by atoms with Gasteiger partial charge in [0, 0.05) is 61.6 Å². The van der Waals surface area contributed by atoms with Crippen molar-refractivity contribution in [2.75, 3.05) is 14.7 Å². The highest BCUT2D eigenvalue weighted by atomic mass is 16.5. The fraction of sp³-hybridized carbons (Fsp3) is 0.281. The van der Waals surface area contributed by atoms with E-state index in [0.29, 0.717) is 0 Å². The molecule has 4 heterocycles. The van der Waals surface area contributed by atoms with Crippen molar-refractivity contribution in [2.24, 2.45) is 0 Å². The summed E-state index contributed by atoms with van der Waals surface area (Å²) in [6, 6.07) is 54.1. The third kappa shape index (κ3) is 6.58. The normalized spacial score (nSPS) is 16.5.